The fourth-order valence-electron chi connectivity index (χ4n) is 3.10. The zero-order chi connectivity index (χ0) is 15.9. The summed E-state index contributed by atoms with van der Waals surface area (Å²) in [4.78, 5) is 0. The van der Waals surface area contributed by atoms with Gasteiger partial charge in [-0.05, 0) is 19.3 Å². The lowest BCUT2D eigenvalue weighted by Gasteiger charge is -2.02. The van der Waals surface area contributed by atoms with Gasteiger partial charge in [-0.3, -0.25) is 0 Å². The van der Waals surface area contributed by atoms with Crippen molar-refractivity contribution in [2.45, 2.75) is 110 Å². The van der Waals surface area contributed by atoms with Gasteiger partial charge in [0.15, 0.2) is 0 Å². The van der Waals surface area contributed by atoms with Crippen LogP contribution in [0, 0.1) is 0 Å². The number of nitrogens with zero attached hydrogens (tertiary/aromatic N) is 2. The number of aryl methyl sites for hydroxylation is 2. The zero-order valence-corrected chi connectivity index (χ0v) is 15.2. The highest BCUT2D eigenvalue weighted by Gasteiger charge is 2.02. The van der Waals surface area contributed by atoms with Crippen LogP contribution in [0.4, 0.5) is 0 Å². The number of hydrogen-bond acceptors (Lipinski definition) is 0. The molecule has 0 amide bonds. The number of rotatable bonds is 15. The van der Waals surface area contributed by atoms with Crippen molar-refractivity contribution < 1.29 is 4.57 Å². The maximum Gasteiger partial charge on any atom is 0.243 e. The van der Waals surface area contributed by atoms with E-state index in [1.165, 1.54) is 90.0 Å². The predicted octanol–water partition coefficient (Wildman–Crippen LogP) is 5.89. The van der Waals surface area contributed by atoms with E-state index in [1.54, 1.807) is 0 Å². The summed E-state index contributed by atoms with van der Waals surface area (Å²) in [5.74, 6) is 0. The molecular formula is C20H39N2+. The molecule has 0 aliphatic rings. The van der Waals surface area contributed by atoms with Crippen LogP contribution in [-0.2, 0) is 13.1 Å². The molecule has 0 unspecified atom stereocenters. The van der Waals surface area contributed by atoms with Gasteiger partial charge in [-0.25, -0.2) is 9.13 Å². The van der Waals surface area contributed by atoms with Gasteiger partial charge in [0, 0.05) is 0 Å². The molecule has 0 N–H and O–H groups in total. The monoisotopic (exact) mass is 307 g/mol. The molecule has 1 rings (SSSR count). The molecule has 0 atom stereocenters. The number of unbranched alkanes of at least 4 members (excludes halogenated alkanes) is 11. The molecule has 0 aromatic carbocycles. The van der Waals surface area contributed by atoms with E-state index in [2.05, 4.69) is 41.7 Å². The lowest BCUT2D eigenvalue weighted by Crippen LogP contribution is -2.30. The first-order valence-electron chi connectivity index (χ1n) is 9.91. The van der Waals surface area contributed by atoms with E-state index in [-0.39, 0.29) is 0 Å². The highest BCUT2D eigenvalue weighted by Crippen LogP contribution is 2.12. The molecule has 0 bridgehead atoms. The van der Waals surface area contributed by atoms with Gasteiger partial charge in [-0.2, -0.15) is 0 Å². The normalized spacial score (nSPS) is 11.2. The van der Waals surface area contributed by atoms with E-state index >= 15 is 0 Å². The Morgan fingerprint density at radius 1 is 0.682 bits per heavy atom. The molecular weight excluding hydrogens is 268 g/mol. The number of aromatic nitrogens is 2. The Bertz CT molecular complexity index is 343. The van der Waals surface area contributed by atoms with Crippen LogP contribution in [0.15, 0.2) is 18.7 Å². The molecule has 0 saturated carbocycles. The maximum atomic E-state index is 2.34. The quantitative estimate of drug-likeness (QED) is 0.282. The average molecular weight is 308 g/mol. The van der Waals surface area contributed by atoms with E-state index in [9.17, 15) is 0 Å². The van der Waals surface area contributed by atoms with Gasteiger partial charge in [-0.1, -0.05) is 78.1 Å². The third-order valence-electron chi connectivity index (χ3n) is 4.50. The summed E-state index contributed by atoms with van der Waals surface area (Å²) in [5, 5.41) is 0. The number of hydrogen-bond donors (Lipinski definition) is 0. The molecule has 0 aliphatic carbocycles. The highest BCUT2D eigenvalue weighted by molar-refractivity contribution is 4.66. The summed E-state index contributed by atoms with van der Waals surface area (Å²) in [7, 11) is 0. The van der Waals surface area contributed by atoms with Crippen LogP contribution in [0.5, 0.6) is 0 Å². The molecule has 128 valence electrons. The Hall–Kier alpha value is -0.790. The highest BCUT2D eigenvalue weighted by atomic mass is 15.1. The van der Waals surface area contributed by atoms with Crippen LogP contribution in [0.2, 0.25) is 0 Å². The predicted molar refractivity (Wildman–Crippen MR) is 96.0 cm³/mol. The maximum absolute atomic E-state index is 2.34. The van der Waals surface area contributed by atoms with Crippen molar-refractivity contribution in [2.24, 2.45) is 0 Å². The van der Waals surface area contributed by atoms with Gasteiger partial charge >= 0.3 is 0 Å². The fourth-order valence-corrected chi connectivity index (χ4v) is 3.10. The van der Waals surface area contributed by atoms with Crippen LogP contribution in [0.3, 0.4) is 0 Å². The van der Waals surface area contributed by atoms with Crippen molar-refractivity contribution in [3.8, 4) is 0 Å². The third kappa shape index (κ3) is 10.0. The Morgan fingerprint density at radius 3 is 1.77 bits per heavy atom. The molecule has 0 aliphatic heterocycles. The fraction of sp³-hybridized carbons (Fsp3) is 0.850. The minimum Gasteiger partial charge on any atom is -0.237 e. The van der Waals surface area contributed by atoms with Gasteiger partial charge in [0.25, 0.3) is 0 Å². The van der Waals surface area contributed by atoms with E-state index in [0.717, 1.165) is 6.54 Å². The van der Waals surface area contributed by atoms with Crippen LogP contribution in [-0.4, -0.2) is 4.57 Å². The van der Waals surface area contributed by atoms with Crippen molar-refractivity contribution >= 4 is 0 Å². The van der Waals surface area contributed by atoms with E-state index in [1.807, 2.05) is 0 Å². The van der Waals surface area contributed by atoms with Crippen molar-refractivity contribution in [1.29, 1.82) is 0 Å². The lowest BCUT2D eigenvalue weighted by molar-refractivity contribution is -0.696. The number of imidazole rings is 1. The first kappa shape index (κ1) is 19.3. The second kappa shape index (κ2) is 13.8. The van der Waals surface area contributed by atoms with Gasteiger partial charge < -0.3 is 0 Å². The van der Waals surface area contributed by atoms with Crippen molar-refractivity contribution in [2.75, 3.05) is 0 Å². The Morgan fingerprint density at radius 2 is 1.23 bits per heavy atom. The summed E-state index contributed by atoms with van der Waals surface area (Å²) in [5.41, 5.74) is 0. The van der Waals surface area contributed by atoms with E-state index in [0.29, 0.717) is 0 Å². The van der Waals surface area contributed by atoms with Gasteiger partial charge in [0.2, 0.25) is 6.33 Å². The molecule has 2 nitrogen and oxygen atoms in total. The Balaban J connectivity index is 1.83. The molecule has 1 aromatic rings. The summed E-state index contributed by atoms with van der Waals surface area (Å²) >= 11 is 0. The first-order chi connectivity index (χ1) is 10.9. The summed E-state index contributed by atoms with van der Waals surface area (Å²) in [6.07, 6.45) is 25.0. The molecule has 0 saturated heterocycles. The molecule has 0 radical (unpaired) electrons. The molecule has 2 heteroatoms. The molecule has 1 aromatic heterocycles. The zero-order valence-electron chi connectivity index (χ0n) is 15.2. The Kier molecular flexibility index (Phi) is 12.1. The third-order valence-corrected chi connectivity index (χ3v) is 4.50. The smallest absolute Gasteiger partial charge is 0.237 e. The van der Waals surface area contributed by atoms with Crippen LogP contribution < -0.4 is 4.57 Å². The summed E-state index contributed by atoms with van der Waals surface area (Å²) in [6.45, 7) is 6.86. The largest absolute Gasteiger partial charge is 0.243 e. The minimum atomic E-state index is 1.14. The molecule has 0 spiro atoms. The van der Waals surface area contributed by atoms with Gasteiger partial charge in [0.05, 0.1) is 13.1 Å². The minimum absolute atomic E-state index is 1.14. The topological polar surface area (TPSA) is 8.81 Å². The van der Waals surface area contributed by atoms with E-state index < -0.39 is 0 Å². The van der Waals surface area contributed by atoms with Crippen LogP contribution in [0.25, 0.3) is 0 Å². The second-order valence-electron chi connectivity index (χ2n) is 6.78. The average Bonchev–Trinajstić information content (AvgIpc) is 2.96. The summed E-state index contributed by atoms with van der Waals surface area (Å²) in [6, 6.07) is 0. The second-order valence-corrected chi connectivity index (χ2v) is 6.78. The van der Waals surface area contributed by atoms with Gasteiger partial charge in [-0.15, -0.1) is 0 Å². The molecule has 22 heavy (non-hydrogen) atoms. The Labute approximate surface area is 138 Å². The molecule has 1 heterocycles. The lowest BCUT2D eigenvalue weighted by atomic mass is 10.1. The summed E-state index contributed by atoms with van der Waals surface area (Å²) < 4.78 is 4.63. The first-order valence-corrected chi connectivity index (χ1v) is 9.91. The molecule has 0 fully saturated rings. The van der Waals surface area contributed by atoms with E-state index in [4.69, 9.17) is 0 Å². The van der Waals surface area contributed by atoms with Gasteiger partial charge in [0.1, 0.15) is 12.4 Å². The SMILES string of the molecule is CCCCCCCCCCCCCCn1cc[n+](CCC)c1. The van der Waals surface area contributed by atoms with Crippen LogP contribution >= 0.6 is 0 Å². The van der Waals surface area contributed by atoms with Crippen molar-refractivity contribution in [1.82, 2.24) is 4.57 Å². The van der Waals surface area contributed by atoms with Crippen molar-refractivity contribution in [3.63, 3.8) is 0 Å². The van der Waals surface area contributed by atoms with Crippen LogP contribution in [0.1, 0.15) is 97.3 Å². The van der Waals surface area contributed by atoms with Crippen molar-refractivity contribution in [3.05, 3.63) is 18.7 Å². The standard InChI is InChI=1S/C20H39N2/c1-3-5-6-7-8-9-10-11-12-13-14-15-17-22-19-18-21(20-22)16-4-2/h18-20H,3-17H2,1-2H3/q+1.